The highest BCUT2D eigenvalue weighted by Gasteiger charge is 2.17. The summed E-state index contributed by atoms with van der Waals surface area (Å²) in [7, 11) is -2.52. The first-order valence-corrected chi connectivity index (χ1v) is 9.52. The minimum Gasteiger partial charge on any atom is -0.493 e. The van der Waals surface area contributed by atoms with Crippen molar-refractivity contribution in [3.05, 3.63) is 53.6 Å². The zero-order chi connectivity index (χ0) is 19.9. The summed E-state index contributed by atoms with van der Waals surface area (Å²) in [6.45, 7) is 2.47. The van der Waals surface area contributed by atoms with E-state index in [1.165, 1.54) is 43.5 Å². The molecule has 2 rings (SSSR count). The molecule has 1 amide bonds. The summed E-state index contributed by atoms with van der Waals surface area (Å²) >= 11 is 0. The van der Waals surface area contributed by atoms with Gasteiger partial charge in [-0.25, -0.2) is 8.42 Å². The van der Waals surface area contributed by atoms with Crippen LogP contribution in [0, 0.1) is 11.3 Å². The van der Waals surface area contributed by atoms with Crippen LogP contribution >= 0.6 is 0 Å². The van der Waals surface area contributed by atoms with Crippen LogP contribution < -0.4 is 19.7 Å². The first-order valence-electron chi connectivity index (χ1n) is 8.04. The molecule has 2 aromatic carbocycles. The number of nitrogens with zero attached hydrogens (tertiary/aromatic N) is 1. The molecule has 0 spiro atoms. The quantitative estimate of drug-likeness (QED) is 0.667. The minimum atomic E-state index is -3.97. The van der Waals surface area contributed by atoms with Gasteiger partial charge in [-0.3, -0.25) is 10.2 Å². The topological polar surface area (TPSA) is 118 Å². The molecule has 0 bridgehead atoms. The number of hydrogen-bond donors (Lipinski definition) is 2. The van der Waals surface area contributed by atoms with E-state index in [-0.39, 0.29) is 10.5 Å². The van der Waals surface area contributed by atoms with Gasteiger partial charge in [-0.1, -0.05) is 6.92 Å². The summed E-state index contributed by atoms with van der Waals surface area (Å²) in [5.41, 5.74) is 2.66. The van der Waals surface area contributed by atoms with E-state index in [9.17, 15) is 13.2 Å². The van der Waals surface area contributed by atoms with Gasteiger partial charge in [0.05, 0.1) is 30.2 Å². The molecule has 0 radical (unpaired) electrons. The maximum Gasteiger partial charge on any atom is 0.266 e. The smallest absolute Gasteiger partial charge is 0.266 e. The molecule has 9 heteroatoms. The second-order valence-electron chi connectivity index (χ2n) is 5.41. The van der Waals surface area contributed by atoms with Crippen LogP contribution in [0.5, 0.6) is 11.5 Å². The Labute approximate surface area is 157 Å². The van der Waals surface area contributed by atoms with Crippen molar-refractivity contribution in [2.24, 2.45) is 0 Å². The van der Waals surface area contributed by atoms with Crippen molar-refractivity contribution in [2.75, 3.05) is 13.7 Å². The number of rotatable bonds is 8. The lowest BCUT2D eigenvalue weighted by Gasteiger charge is -2.12. The number of ether oxygens (including phenoxy) is 2. The fourth-order valence-corrected chi connectivity index (χ4v) is 2.93. The first kappa shape index (κ1) is 20.2. The number of sulfonamides is 1. The van der Waals surface area contributed by atoms with E-state index >= 15 is 0 Å². The minimum absolute atomic E-state index is 0.0808. The molecule has 0 aliphatic rings. The third-order valence-corrected chi connectivity index (χ3v) is 4.74. The van der Waals surface area contributed by atoms with Crippen molar-refractivity contribution in [2.45, 2.75) is 18.2 Å². The molecule has 0 unspecified atom stereocenters. The third-order valence-electron chi connectivity index (χ3n) is 3.48. The van der Waals surface area contributed by atoms with Gasteiger partial charge in [-0.2, -0.15) is 5.26 Å². The number of benzene rings is 2. The van der Waals surface area contributed by atoms with Gasteiger partial charge in [-0.05, 0) is 48.9 Å². The van der Waals surface area contributed by atoms with E-state index in [4.69, 9.17) is 14.7 Å². The monoisotopic (exact) mass is 389 g/mol. The van der Waals surface area contributed by atoms with Gasteiger partial charge in [0.25, 0.3) is 15.9 Å². The summed E-state index contributed by atoms with van der Waals surface area (Å²) in [4.78, 5) is 14.2. The molecule has 27 heavy (non-hydrogen) atoms. The molecule has 0 aliphatic carbocycles. The Morgan fingerprint density at radius 2 is 1.85 bits per heavy atom. The van der Waals surface area contributed by atoms with Crippen LogP contribution in [-0.4, -0.2) is 28.0 Å². The zero-order valence-corrected chi connectivity index (χ0v) is 15.7. The van der Waals surface area contributed by atoms with E-state index in [0.29, 0.717) is 23.7 Å². The Morgan fingerprint density at radius 1 is 1.15 bits per heavy atom. The fourth-order valence-electron chi connectivity index (χ4n) is 2.09. The molecule has 0 saturated heterocycles. The molecule has 0 atom stereocenters. The van der Waals surface area contributed by atoms with Crippen LogP contribution in [0.25, 0.3) is 0 Å². The van der Waals surface area contributed by atoms with Crippen molar-refractivity contribution >= 4 is 15.9 Å². The predicted octanol–water partition coefficient (Wildman–Crippen LogP) is 1.98. The van der Waals surface area contributed by atoms with E-state index < -0.39 is 15.9 Å². The van der Waals surface area contributed by atoms with Crippen LogP contribution in [-0.2, 0) is 10.0 Å². The molecule has 0 heterocycles. The van der Waals surface area contributed by atoms with Crippen LogP contribution in [0.15, 0.2) is 47.4 Å². The average Bonchev–Trinajstić information content (AvgIpc) is 2.70. The fraction of sp³-hybridized carbons (Fsp3) is 0.222. The molecule has 2 aromatic rings. The van der Waals surface area contributed by atoms with Crippen molar-refractivity contribution < 1.29 is 22.7 Å². The Kier molecular flexibility index (Phi) is 6.76. The Bertz CT molecular complexity index is 950. The number of nitriles is 1. The highest BCUT2D eigenvalue weighted by molar-refractivity contribution is 7.89. The van der Waals surface area contributed by atoms with E-state index in [1.54, 1.807) is 6.07 Å². The number of methoxy groups -OCH3 is 1. The second kappa shape index (κ2) is 9.02. The van der Waals surface area contributed by atoms with E-state index in [0.717, 1.165) is 6.42 Å². The van der Waals surface area contributed by atoms with E-state index in [2.05, 4.69) is 5.43 Å². The Morgan fingerprint density at radius 3 is 2.44 bits per heavy atom. The molecule has 2 N–H and O–H groups in total. The second-order valence-corrected chi connectivity index (χ2v) is 7.09. The van der Waals surface area contributed by atoms with E-state index in [1.807, 2.05) is 17.8 Å². The Balaban J connectivity index is 2.09. The van der Waals surface area contributed by atoms with Gasteiger partial charge in [0, 0.05) is 5.56 Å². The molecular formula is C18H19N3O5S. The molecule has 0 fully saturated rings. The van der Waals surface area contributed by atoms with Crippen LogP contribution in [0.3, 0.4) is 0 Å². The molecule has 8 nitrogen and oxygen atoms in total. The lowest BCUT2D eigenvalue weighted by Crippen LogP contribution is -2.41. The molecule has 0 aliphatic heterocycles. The highest BCUT2D eigenvalue weighted by Crippen LogP contribution is 2.28. The lowest BCUT2D eigenvalue weighted by atomic mass is 10.2. The maximum absolute atomic E-state index is 12.2. The summed E-state index contributed by atoms with van der Waals surface area (Å²) in [6.07, 6.45) is 0.822. The van der Waals surface area contributed by atoms with Gasteiger partial charge in [0.1, 0.15) is 0 Å². The third kappa shape index (κ3) is 5.20. The molecule has 0 aromatic heterocycles. The van der Waals surface area contributed by atoms with Gasteiger partial charge in [0.2, 0.25) is 0 Å². The van der Waals surface area contributed by atoms with Gasteiger partial charge in [0.15, 0.2) is 11.5 Å². The number of carbonyl (C=O) groups excluding carboxylic acids is 1. The average molecular weight is 389 g/mol. The van der Waals surface area contributed by atoms with Gasteiger partial charge < -0.3 is 9.47 Å². The Hall–Kier alpha value is -3.09. The number of hydrazine groups is 1. The molecule has 142 valence electrons. The predicted molar refractivity (Wildman–Crippen MR) is 97.7 cm³/mol. The maximum atomic E-state index is 12.2. The van der Waals surface area contributed by atoms with Gasteiger partial charge >= 0.3 is 0 Å². The van der Waals surface area contributed by atoms with Crippen molar-refractivity contribution in [1.29, 1.82) is 5.26 Å². The van der Waals surface area contributed by atoms with Crippen molar-refractivity contribution in [3.8, 4) is 17.6 Å². The zero-order valence-electron chi connectivity index (χ0n) is 14.9. The molecule has 0 saturated carbocycles. The number of nitrogens with one attached hydrogen (secondary N) is 2. The first-order chi connectivity index (χ1) is 12.9. The molecular weight excluding hydrogens is 370 g/mol. The van der Waals surface area contributed by atoms with Crippen LogP contribution in [0.1, 0.15) is 29.3 Å². The van der Waals surface area contributed by atoms with Crippen molar-refractivity contribution in [1.82, 2.24) is 10.3 Å². The normalized spacial score (nSPS) is 10.7. The van der Waals surface area contributed by atoms with Crippen LogP contribution in [0.4, 0.5) is 0 Å². The highest BCUT2D eigenvalue weighted by atomic mass is 32.2. The largest absolute Gasteiger partial charge is 0.493 e. The summed E-state index contributed by atoms with van der Waals surface area (Å²) < 4.78 is 35.1. The standard InChI is InChI=1S/C18H19N3O5S/c1-3-10-26-16-9-6-14(11-17(16)25-2)18(22)20-21-27(23,24)15-7-4-13(12-19)5-8-15/h4-9,11,21H,3,10H2,1-2H3,(H,20,22). The van der Waals surface area contributed by atoms with Crippen molar-refractivity contribution in [3.63, 3.8) is 0 Å². The lowest BCUT2D eigenvalue weighted by molar-refractivity contribution is 0.0944. The number of amides is 1. The summed E-state index contributed by atoms with van der Waals surface area (Å²) in [5, 5.41) is 8.75. The number of carbonyl (C=O) groups is 1. The van der Waals surface area contributed by atoms with Gasteiger partial charge in [-0.15, -0.1) is 4.83 Å². The van der Waals surface area contributed by atoms with Crippen LogP contribution in [0.2, 0.25) is 0 Å². The summed E-state index contributed by atoms with van der Waals surface area (Å²) in [6, 6.07) is 11.7. The summed E-state index contributed by atoms with van der Waals surface area (Å²) in [5.74, 6) is 0.202. The number of hydrogen-bond acceptors (Lipinski definition) is 6. The SMILES string of the molecule is CCCOc1ccc(C(=O)NNS(=O)(=O)c2ccc(C#N)cc2)cc1OC.